The third kappa shape index (κ3) is 5.36. The van der Waals surface area contributed by atoms with Gasteiger partial charge in [-0.2, -0.15) is 16.9 Å². The van der Waals surface area contributed by atoms with Gasteiger partial charge in [0.15, 0.2) is 0 Å². The minimum Gasteiger partial charge on any atom is -0.308 e. The summed E-state index contributed by atoms with van der Waals surface area (Å²) in [6, 6.07) is 0.286. The van der Waals surface area contributed by atoms with Gasteiger partial charge in [-0.15, -0.1) is 0 Å². The van der Waals surface area contributed by atoms with Crippen molar-refractivity contribution in [3.8, 4) is 0 Å². The van der Waals surface area contributed by atoms with E-state index < -0.39 is 0 Å². The monoisotopic (exact) mass is 303 g/mol. The zero-order valence-electron chi connectivity index (χ0n) is 12.4. The molecule has 0 aliphatic heterocycles. The van der Waals surface area contributed by atoms with Gasteiger partial charge in [-0.25, -0.2) is 0 Å². The molecule has 1 atom stereocenters. The highest BCUT2D eigenvalue weighted by molar-refractivity contribution is 7.99. The number of hydrogen-bond acceptors (Lipinski definition) is 3. The Balaban J connectivity index is 2.84. The highest BCUT2D eigenvalue weighted by Crippen LogP contribution is 2.27. The lowest BCUT2D eigenvalue weighted by Gasteiger charge is -2.21. The molecule has 110 valence electrons. The molecule has 0 aromatic carbocycles. The molecule has 1 rings (SSSR count). The van der Waals surface area contributed by atoms with Crippen LogP contribution in [0.5, 0.6) is 0 Å². The molecule has 1 N–H and O–H groups in total. The van der Waals surface area contributed by atoms with E-state index in [2.05, 4.69) is 42.8 Å². The summed E-state index contributed by atoms with van der Waals surface area (Å²) in [5.74, 6) is 1.03. The molecule has 0 aliphatic rings. The zero-order chi connectivity index (χ0) is 14.3. The van der Waals surface area contributed by atoms with Gasteiger partial charge in [0.05, 0.1) is 23.0 Å². The number of rotatable bonds is 9. The van der Waals surface area contributed by atoms with Gasteiger partial charge < -0.3 is 5.32 Å². The van der Waals surface area contributed by atoms with Crippen molar-refractivity contribution in [2.24, 2.45) is 0 Å². The lowest BCUT2D eigenvalue weighted by Crippen LogP contribution is -2.27. The van der Waals surface area contributed by atoms with Crippen molar-refractivity contribution in [2.75, 3.05) is 12.3 Å². The molecule has 0 aliphatic carbocycles. The maximum Gasteiger partial charge on any atom is 0.0834 e. The van der Waals surface area contributed by atoms with Crippen LogP contribution in [-0.2, 0) is 6.54 Å². The first kappa shape index (κ1) is 16.9. The summed E-state index contributed by atoms with van der Waals surface area (Å²) >= 11 is 8.30. The minimum atomic E-state index is 0.286. The van der Waals surface area contributed by atoms with Crippen LogP contribution in [0.4, 0.5) is 0 Å². The minimum absolute atomic E-state index is 0.286. The highest BCUT2D eigenvalue weighted by Gasteiger charge is 2.20. The van der Waals surface area contributed by atoms with Gasteiger partial charge in [0.25, 0.3) is 0 Å². The summed E-state index contributed by atoms with van der Waals surface area (Å²) < 4.78 is 2.05. The molecule has 0 fully saturated rings. The first-order valence-corrected chi connectivity index (χ1v) is 8.58. The number of halogens is 1. The first-order chi connectivity index (χ1) is 9.10. The summed E-state index contributed by atoms with van der Waals surface area (Å²) in [7, 11) is 0. The smallest absolute Gasteiger partial charge is 0.0834 e. The Bertz CT molecular complexity index is 366. The zero-order valence-corrected chi connectivity index (χ0v) is 14.0. The second-order valence-corrected chi connectivity index (χ2v) is 7.01. The second-order valence-electron chi connectivity index (χ2n) is 4.99. The molecule has 1 unspecified atom stereocenters. The average Bonchev–Trinajstić information content (AvgIpc) is 2.72. The van der Waals surface area contributed by atoms with Crippen LogP contribution in [0.3, 0.4) is 0 Å². The molecule has 0 amide bonds. The van der Waals surface area contributed by atoms with E-state index in [1.807, 2.05) is 11.8 Å². The number of hydrogen-bond donors (Lipinski definition) is 1. The van der Waals surface area contributed by atoms with Gasteiger partial charge in [0, 0.05) is 12.3 Å². The lowest BCUT2D eigenvalue weighted by atomic mass is 10.2. The van der Waals surface area contributed by atoms with Crippen LogP contribution >= 0.6 is 23.4 Å². The van der Waals surface area contributed by atoms with Gasteiger partial charge in [-0.05, 0) is 24.6 Å². The van der Waals surface area contributed by atoms with Crippen LogP contribution in [0.25, 0.3) is 0 Å². The molecule has 0 saturated carbocycles. The van der Waals surface area contributed by atoms with Crippen molar-refractivity contribution in [3.63, 3.8) is 0 Å². The Morgan fingerprint density at radius 3 is 2.68 bits per heavy atom. The van der Waals surface area contributed by atoms with E-state index in [4.69, 9.17) is 11.6 Å². The van der Waals surface area contributed by atoms with Crippen LogP contribution in [0.2, 0.25) is 5.02 Å². The molecule has 5 heteroatoms. The normalized spacial score (nSPS) is 13.2. The fourth-order valence-corrected chi connectivity index (χ4v) is 3.08. The van der Waals surface area contributed by atoms with Gasteiger partial charge in [-0.3, -0.25) is 4.68 Å². The summed E-state index contributed by atoms with van der Waals surface area (Å²) in [6.07, 6.45) is 3.97. The molecule has 0 radical (unpaired) electrons. The second kappa shape index (κ2) is 8.88. The Labute approximate surface area is 126 Å². The van der Waals surface area contributed by atoms with Gasteiger partial charge in [-0.1, -0.05) is 39.3 Å². The van der Waals surface area contributed by atoms with E-state index in [0.29, 0.717) is 5.25 Å². The lowest BCUT2D eigenvalue weighted by molar-refractivity contribution is 0.498. The molecule has 3 nitrogen and oxygen atoms in total. The third-order valence-corrected chi connectivity index (χ3v) is 4.32. The SMILES string of the molecule is CCCNC(CSC(C)C)c1c(Cl)cnn1CCC. The highest BCUT2D eigenvalue weighted by atomic mass is 35.5. The van der Waals surface area contributed by atoms with Crippen molar-refractivity contribution >= 4 is 23.4 Å². The number of aromatic nitrogens is 2. The molecular weight excluding hydrogens is 278 g/mol. The quantitative estimate of drug-likeness (QED) is 0.744. The Morgan fingerprint density at radius 1 is 1.37 bits per heavy atom. The van der Waals surface area contributed by atoms with Crippen molar-refractivity contribution in [2.45, 2.75) is 58.4 Å². The Morgan fingerprint density at radius 2 is 2.11 bits per heavy atom. The van der Waals surface area contributed by atoms with Crippen LogP contribution in [0.15, 0.2) is 6.20 Å². The molecule has 1 heterocycles. The average molecular weight is 304 g/mol. The number of nitrogens with one attached hydrogen (secondary N) is 1. The molecule has 1 aromatic heterocycles. The van der Waals surface area contributed by atoms with Gasteiger partial charge in [0.2, 0.25) is 0 Å². The van der Waals surface area contributed by atoms with E-state index in [9.17, 15) is 0 Å². The molecule has 1 aromatic rings. The number of thioether (sulfide) groups is 1. The van der Waals surface area contributed by atoms with Crippen LogP contribution in [-0.4, -0.2) is 27.3 Å². The van der Waals surface area contributed by atoms with E-state index in [-0.39, 0.29) is 6.04 Å². The standard InChI is InChI=1S/C14H26ClN3S/c1-5-7-16-13(10-19-11(3)4)14-12(15)9-17-18(14)8-6-2/h9,11,13,16H,5-8,10H2,1-4H3. The Kier molecular flexibility index (Phi) is 7.88. The fraction of sp³-hybridized carbons (Fsp3) is 0.786. The van der Waals surface area contributed by atoms with Gasteiger partial charge in [0.1, 0.15) is 0 Å². The van der Waals surface area contributed by atoms with E-state index in [1.165, 1.54) is 0 Å². The van der Waals surface area contributed by atoms with E-state index >= 15 is 0 Å². The molecular formula is C14H26ClN3S. The maximum atomic E-state index is 6.34. The molecule has 0 bridgehead atoms. The van der Waals surface area contributed by atoms with Crippen LogP contribution in [0, 0.1) is 0 Å². The Hall–Kier alpha value is -0.190. The predicted octanol–water partition coefficient (Wildman–Crippen LogP) is 4.13. The summed E-state index contributed by atoms with van der Waals surface area (Å²) in [6.45, 7) is 10.7. The van der Waals surface area contributed by atoms with Crippen molar-refractivity contribution < 1.29 is 0 Å². The fourth-order valence-electron chi connectivity index (χ4n) is 1.95. The topological polar surface area (TPSA) is 29.9 Å². The molecule has 19 heavy (non-hydrogen) atoms. The van der Waals surface area contributed by atoms with Gasteiger partial charge >= 0.3 is 0 Å². The predicted molar refractivity (Wildman–Crippen MR) is 86.2 cm³/mol. The summed E-state index contributed by atoms with van der Waals surface area (Å²) in [5.41, 5.74) is 1.14. The largest absolute Gasteiger partial charge is 0.308 e. The van der Waals surface area contributed by atoms with E-state index in [1.54, 1.807) is 6.20 Å². The number of nitrogens with zero attached hydrogens (tertiary/aromatic N) is 2. The van der Waals surface area contributed by atoms with Crippen LogP contribution in [0.1, 0.15) is 52.3 Å². The summed E-state index contributed by atoms with van der Waals surface area (Å²) in [4.78, 5) is 0. The van der Waals surface area contributed by atoms with Crippen LogP contribution < -0.4 is 5.32 Å². The first-order valence-electron chi connectivity index (χ1n) is 7.16. The summed E-state index contributed by atoms with van der Waals surface area (Å²) in [5, 5.41) is 9.41. The number of aryl methyl sites for hydroxylation is 1. The van der Waals surface area contributed by atoms with Crippen molar-refractivity contribution in [1.29, 1.82) is 0 Å². The molecule has 0 saturated heterocycles. The third-order valence-electron chi connectivity index (χ3n) is 2.84. The van der Waals surface area contributed by atoms with E-state index in [0.717, 1.165) is 42.4 Å². The molecule has 0 spiro atoms. The van der Waals surface area contributed by atoms with Crippen molar-refractivity contribution in [1.82, 2.24) is 15.1 Å². The maximum absolute atomic E-state index is 6.34. The van der Waals surface area contributed by atoms with Crippen molar-refractivity contribution in [3.05, 3.63) is 16.9 Å².